The Balaban J connectivity index is 2.92. The van der Waals surface area contributed by atoms with Gasteiger partial charge in [-0.1, -0.05) is 0 Å². The van der Waals surface area contributed by atoms with Crippen molar-refractivity contribution in [2.24, 2.45) is 0 Å². The van der Waals surface area contributed by atoms with Crippen molar-refractivity contribution in [3.63, 3.8) is 0 Å². The van der Waals surface area contributed by atoms with Crippen LogP contribution in [0.1, 0.15) is 12.5 Å². The normalized spacial score (nSPS) is 11.5. The summed E-state index contributed by atoms with van der Waals surface area (Å²) in [5.74, 6) is 0.514. The van der Waals surface area contributed by atoms with E-state index in [1.807, 2.05) is 6.92 Å². The van der Waals surface area contributed by atoms with Gasteiger partial charge in [-0.2, -0.15) is 0 Å². The van der Waals surface area contributed by atoms with Crippen LogP contribution in [0.25, 0.3) is 0 Å². The first-order valence-corrected chi connectivity index (χ1v) is 4.87. The van der Waals surface area contributed by atoms with Gasteiger partial charge in [0.15, 0.2) is 0 Å². The van der Waals surface area contributed by atoms with E-state index >= 15 is 0 Å². The topological polar surface area (TPSA) is 78.3 Å². The van der Waals surface area contributed by atoms with Gasteiger partial charge in [-0.3, -0.25) is 0 Å². The number of rotatable bonds is 4. The average molecular weight is 232 g/mol. The Morgan fingerprint density at radius 3 is 2.60 bits per heavy atom. The monoisotopic (exact) mass is 231 g/mol. The van der Waals surface area contributed by atoms with Gasteiger partial charge in [0.2, 0.25) is 5.28 Å². The number of halogens is 1. The van der Waals surface area contributed by atoms with Crippen molar-refractivity contribution in [1.82, 2.24) is 9.97 Å². The molecular formula is C9H14ClN3O2. The number of nitrogens with zero attached hydrogens (tertiary/aromatic N) is 2. The zero-order valence-electron chi connectivity index (χ0n) is 8.66. The summed E-state index contributed by atoms with van der Waals surface area (Å²) in [4.78, 5) is 7.78. The van der Waals surface area contributed by atoms with E-state index in [-0.39, 0.29) is 18.5 Å². The van der Waals surface area contributed by atoms with Crippen molar-refractivity contribution >= 4 is 17.4 Å². The number of aliphatic hydroxyl groups excluding tert-OH is 2. The summed E-state index contributed by atoms with van der Waals surface area (Å²) >= 11 is 5.64. The lowest BCUT2D eigenvalue weighted by Crippen LogP contribution is -2.43. The standard InChI is InChI=1S/C9H14ClN3O2/c1-6-3-11-8(10)12-7(6)13-9(2,4-14)5-15/h3,14-15H,4-5H2,1-2H3,(H,11,12,13). The third kappa shape index (κ3) is 3.02. The zero-order valence-corrected chi connectivity index (χ0v) is 9.41. The van der Waals surface area contributed by atoms with Gasteiger partial charge in [0.1, 0.15) is 5.82 Å². The Labute approximate surface area is 93.1 Å². The van der Waals surface area contributed by atoms with Gasteiger partial charge in [0.25, 0.3) is 0 Å². The van der Waals surface area contributed by atoms with Gasteiger partial charge in [-0.05, 0) is 25.4 Å². The Morgan fingerprint density at radius 1 is 1.47 bits per heavy atom. The average Bonchev–Trinajstić information content (AvgIpc) is 2.23. The fourth-order valence-electron chi connectivity index (χ4n) is 0.962. The number of anilines is 1. The van der Waals surface area contributed by atoms with Gasteiger partial charge >= 0.3 is 0 Å². The van der Waals surface area contributed by atoms with E-state index in [2.05, 4.69) is 15.3 Å². The largest absolute Gasteiger partial charge is 0.394 e. The van der Waals surface area contributed by atoms with E-state index < -0.39 is 5.54 Å². The second kappa shape index (κ2) is 4.74. The molecule has 1 aromatic heterocycles. The van der Waals surface area contributed by atoms with E-state index in [0.717, 1.165) is 5.56 Å². The van der Waals surface area contributed by atoms with Crippen LogP contribution in [-0.2, 0) is 0 Å². The van der Waals surface area contributed by atoms with Crippen LogP contribution in [0.15, 0.2) is 6.20 Å². The van der Waals surface area contributed by atoms with E-state index in [0.29, 0.717) is 5.82 Å². The molecule has 1 aromatic rings. The van der Waals surface area contributed by atoms with E-state index in [9.17, 15) is 0 Å². The van der Waals surface area contributed by atoms with E-state index in [1.54, 1.807) is 13.1 Å². The van der Waals surface area contributed by atoms with E-state index in [1.165, 1.54) is 0 Å². The first-order chi connectivity index (χ1) is 7.00. The van der Waals surface area contributed by atoms with Crippen molar-refractivity contribution in [3.05, 3.63) is 17.0 Å². The lowest BCUT2D eigenvalue weighted by molar-refractivity contribution is 0.147. The fraction of sp³-hybridized carbons (Fsp3) is 0.556. The summed E-state index contributed by atoms with van der Waals surface area (Å²) in [7, 11) is 0. The van der Waals surface area contributed by atoms with Crippen molar-refractivity contribution < 1.29 is 10.2 Å². The fourth-order valence-corrected chi connectivity index (χ4v) is 1.10. The minimum absolute atomic E-state index is 0.126. The Bertz CT molecular complexity index is 342. The molecule has 0 saturated carbocycles. The number of aromatic nitrogens is 2. The minimum Gasteiger partial charge on any atom is -0.394 e. The summed E-state index contributed by atoms with van der Waals surface area (Å²) < 4.78 is 0. The summed E-state index contributed by atoms with van der Waals surface area (Å²) in [6.45, 7) is 3.09. The molecule has 0 amide bonds. The molecule has 0 aliphatic rings. The van der Waals surface area contributed by atoms with Crippen LogP contribution in [0.3, 0.4) is 0 Å². The Kier molecular flexibility index (Phi) is 3.84. The molecule has 0 radical (unpaired) electrons. The summed E-state index contributed by atoms with van der Waals surface area (Å²) in [6.07, 6.45) is 1.58. The first kappa shape index (κ1) is 12.2. The lowest BCUT2D eigenvalue weighted by atomic mass is 10.1. The molecule has 15 heavy (non-hydrogen) atoms. The molecule has 0 saturated heterocycles. The summed E-state index contributed by atoms with van der Waals surface area (Å²) in [5.41, 5.74) is -0.0184. The highest BCUT2D eigenvalue weighted by Gasteiger charge is 2.23. The number of hydrogen-bond acceptors (Lipinski definition) is 5. The number of aliphatic hydroxyl groups is 2. The molecule has 0 atom stereocenters. The minimum atomic E-state index is -0.817. The number of nitrogens with one attached hydrogen (secondary N) is 1. The van der Waals surface area contributed by atoms with Gasteiger partial charge in [-0.25, -0.2) is 9.97 Å². The maximum Gasteiger partial charge on any atom is 0.224 e. The molecule has 84 valence electrons. The highest BCUT2D eigenvalue weighted by Crippen LogP contribution is 2.17. The van der Waals surface area contributed by atoms with Crippen LogP contribution in [0, 0.1) is 6.92 Å². The molecule has 5 nitrogen and oxygen atoms in total. The predicted molar refractivity (Wildman–Crippen MR) is 58.0 cm³/mol. The van der Waals surface area contributed by atoms with Gasteiger partial charge < -0.3 is 15.5 Å². The maximum absolute atomic E-state index is 9.11. The number of aryl methyl sites for hydroxylation is 1. The Hall–Kier alpha value is -0.910. The summed E-state index contributed by atoms with van der Waals surface area (Å²) in [5, 5.41) is 21.3. The van der Waals surface area contributed by atoms with Crippen LogP contribution >= 0.6 is 11.6 Å². The van der Waals surface area contributed by atoms with Crippen molar-refractivity contribution in [1.29, 1.82) is 0 Å². The van der Waals surface area contributed by atoms with Crippen molar-refractivity contribution in [3.8, 4) is 0 Å². The van der Waals surface area contributed by atoms with Crippen LogP contribution in [0.2, 0.25) is 5.28 Å². The maximum atomic E-state index is 9.11. The quantitative estimate of drug-likeness (QED) is 0.662. The second-order valence-electron chi connectivity index (χ2n) is 3.67. The molecule has 0 spiro atoms. The molecule has 6 heteroatoms. The molecule has 0 aliphatic carbocycles. The van der Waals surface area contributed by atoms with Crippen LogP contribution in [0.4, 0.5) is 5.82 Å². The highest BCUT2D eigenvalue weighted by atomic mass is 35.5. The second-order valence-corrected chi connectivity index (χ2v) is 4.01. The Morgan fingerprint density at radius 2 is 2.07 bits per heavy atom. The molecule has 0 fully saturated rings. The lowest BCUT2D eigenvalue weighted by Gasteiger charge is -2.27. The van der Waals surface area contributed by atoms with Crippen LogP contribution in [0.5, 0.6) is 0 Å². The zero-order chi connectivity index (χ0) is 11.5. The molecule has 0 unspecified atom stereocenters. The first-order valence-electron chi connectivity index (χ1n) is 4.50. The highest BCUT2D eigenvalue weighted by molar-refractivity contribution is 6.28. The molecule has 3 N–H and O–H groups in total. The van der Waals surface area contributed by atoms with Gasteiger partial charge in [0, 0.05) is 11.8 Å². The third-order valence-corrected chi connectivity index (χ3v) is 2.24. The molecule has 0 bridgehead atoms. The van der Waals surface area contributed by atoms with Gasteiger partial charge in [0.05, 0.1) is 18.8 Å². The van der Waals surface area contributed by atoms with E-state index in [4.69, 9.17) is 21.8 Å². The molecule has 1 heterocycles. The SMILES string of the molecule is Cc1cnc(Cl)nc1NC(C)(CO)CO. The number of hydrogen-bond donors (Lipinski definition) is 3. The van der Waals surface area contributed by atoms with Crippen LogP contribution < -0.4 is 5.32 Å². The van der Waals surface area contributed by atoms with Crippen molar-refractivity contribution in [2.75, 3.05) is 18.5 Å². The smallest absolute Gasteiger partial charge is 0.224 e. The van der Waals surface area contributed by atoms with Gasteiger partial charge in [-0.15, -0.1) is 0 Å². The molecule has 0 aromatic carbocycles. The van der Waals surface area contributed by atoms with Crippen LogP contribution in [-0.4, -0.2) is 38.9 Å². The molecule has 1 rings (SSSR count). The predicted octanol–water partition coefficient (Wildman–Crippen LogP) is 0.594. The van der Waals surface area contributed by atoms with Crippen molar-refractivity contribution in [2.45, 2.75) is 19.4 Å². The molecular weight excluding hydrogens is 218 g/mol. The summed E-state index contributed by atoms with van der Waals surface area (Å²) in [6, 6.07) is 0. The third-order valence-electron chi connectivity index (χ3n) is 2.06. The molecule has 0 aliphatic heterocycles.